The predicted octanol–water partition coefficient (Wildman–Crippen LogP) is 4.65. The molecule has 1 aliphatic carbocycles. The lowest BCUT2D eigenvalue weighted by Gasteiger charge is -2.58. The van der Waals surface area contributed by atoms with E-state index in [4.69, 9.17) is 5.73 Å². The molecule has 1 saturated carbocycles. The van der Waals surface area contributed by atoms with Crippen LogP contribution in [0.2, 0.25) is 0 Å². The minimum atomic E-state index is -0.331. The van der Waals surface area contributed by atoms with Gasteiger partial charge in [-0.25, -0.2) is 0 Å². The number of nitrogens with two attached hydrogens (primary N) is 1. The van der Waals surface area contributed by atoms with Crippen molar-refractivity contribution >= 4 is 11.6 Å². The third-order valence-corrected chi connectivity index (χ3v) is 8.74. The SMILES string of the molecule is CC(C)c1ccccc1C1CN(C)CCN1C1CC2(CCN(c3ccccc3C(N)=O)CC2)C1. The molecule has 2 saturated heterocycles. The summed E-state index contributed by atoms with van der Waals surface area (Å²) in [5.74, 6) is 0.216. The molecule has 1 amide bonds. The molecule has 0 bridgehead atoms. The van der Waals surface area contributed by atoms with E-state index in [-0.39, 0.29) is 5.91 Å². The molecule has 5 heteroatoms. The molecule has 1 spiro atoms. The van der Waals surface area contributed by atoms with E-state index in [0.717, 1.165) is 38.4 Å². The van der Waals surface area contributed by atoms with Crippen molar-refractivity contribution in [3.8, 4) is 0 Å². The van der Waals surface area contributed by atoms with Crippen LogP contribution in [0.3, 0.4) is 0 Å². The van der Waals surface area contributed by atoms with Gasteiger partial charge in [0.25, 0.3) is 5.91 Å². The van der Waals surface area contributed by atoms with Crippen molar-refractivity contribution in [3.05, 3.63) is 65.2 Å². The highest BCUT2D eigenvalue weighted by atomic mass is 16.1. The first-order valence-electron chi connectivity index (χ1n) is 13.0. The van der Waals surface area contributed by atoms with Gasteiger partial charge in [-0.05, 0) is 67.3 Å². The molecular formula is C29H40N4O. The van der Waals surface area contributed by atoms with E-state index in [9.17, 15) is 4.79 Å². The van der Waals surface area contributed by atoms with Gasteiger partial charge in [0, 0.05) is 50.5 Å². The fourth-order valence-electron chi connectivity index (χ4n) is 6.75. The standard InChI is InChI=1S/C29H40N4O/c1-21(2)23-8-4-5-9-24(23)27-20-31(3)16-17-33(27)22-18-29(19-22)12-14-32(15-13-29)26-11-7-6-10-25(26)28(30)34/h4-11,21-22,27H,12-20H2,1-3H3,(H2,30,34). The van der Waals surface area contributed by atoms with Crippen LogP contribution >= 0.6 is 0 Å². The lowest BCUT2D eigenvalue weighted by Crippen LogP contribution is -2.59. The first-order chi connectivity index (χ1) is 16.4. The minimum absolute atomic E-state index is 0.331. The monoisotopic (exact) mass is 460 g/mol. The highest BCUT2D eigenvalue weighted by Crippen LogP contribution is 2.53. The smallest absolute Gasteiger partial charge is 0.250 e. The zero-order valence-corrected chi connectivity index (χ0v) is 21.0. The van der Waals surface area contributed by atoms with Gasteiger partial charge in [-0.1, -0.05) is 50.2 Å². The van der Waals surface area contributed by atoms with Crippen molar-refractivity contribution in [2.45, 2.75) is 57.5 Å². The Hall–Kier alpha value is -2.37. The normalized spacial score (nSPS) is 23.9. The van der Waals surface area contributed by atoms with Crippen LogP contribution in [-0.4, -0.2) is 61.5 Å². The maximum absolute atomic E-state index is 11.9. The van der Waals surface area contributed by atoms with Crippen LogP contribution in [0.25, 0.3) is 0 Å². The second-order valence-corrected chi connectivity index (χ2v) is 11.2. The van der Waals surface area contributed by atoms with Crippen LogP contribution in [0.5, 0.6) is 0 Å². The minimum Gasteiger partial charge on any atom is -0.371 e. The number of hydrogen-bond acceptors (Lipinski definition) is 4. The van der Waals surface area contributed by atoms with Gasteiger partial charge in [0.05, 0.1) is 5.56 Å². The van der Waals surface area contributed by atoms with E-state index in [1.165, 1.54) is 36.8 Å². The average molecular weight is 461 g/mol. The summed E-state index contributed by atoms with van der Waals surface area (Å²) in [7, 11) is 2.27. The molecule has 2 aliphatic heterocycles. The molecule has 2 N–H and O–H groups in total. The third kappa shape index (κ3) is 4.36. The number of likely N-dealkylation sites (N-methyl/N-ethyl adjacent to an activating group) is 1. The summed E-state index contributed by atoms with van der Waals surface area (Å²) in [5.41, 5.74) is 10.8. The number of rotatable bonds is 5. The summed E-state index contributed by atoms with van der Waals surface area (Å²) in [4.78, 5) is 19.6. The highest BCUT2D eigenvalue weighted by molar-refractivity contribution is 5.98. The Balaban J connectivity index is 1.27. The summed E-state index contributed by atoms with van der Waals surface area (Å²) in [5, 5.41) is 0. The number of piperazine rings is 1. The van der Waals surface area contributed by atoms with Gasteiger partial charge in [-0.3, -0.25) is 9.69 Å². The van der Waals surface area contributed by atoms with Crippen LogP contribution in [0, 0.1) is 5.41 Å². The number of benzene rings is 2. The molecule has 34 heavy (non-hydrogen) atoms. The van der Waals surface area contributed by atoms with Crippen molar-refractivity contribution in [3.63, 3.8) is 0 Å². The Morgan fingerprint density at radius 1 is 0.971 bits per heavy atom. The van der Waals surface area contributed by atoms with Crippen LogP contribution in [0.4, 0.5) is 5.69 Å². The van der Waals surface area contributed by atoms with Crippen LogP contribution in [0.1, 0.15) is 73.0 Å². The van der Waals surface area contributed by atoms with Crippen molar-refractivity contribution < 1.29 is 4.79 Å². The lowest BCUT2D eigenvalue weighted by atomic mass is 9.59. The molecule has 2 heterocycles. The number of carbonyl (C=O) groups excluding carboxylic acids is 1. The Bertz CT molecular complexity index is 1020. The molecule has 5 nitrogen and oxygen atoms in total. The molecule has 2 aromatic rings. The summed E-state index contributed by atoms with van der Waals surface area (Å²) in [6.45, 7) is 10.1. The van der Waals surface area contributed by atoms with E-state index in [1.54, 1.807) is 0 Å². The van der Waals surface area contributed by atoms with Crippen molar-refractivity contribution in [1.29, 1.82) is 0 Å². The number of anilines is 1. The van der Waals surface area contributed by atoms with Crippen molar-refractivity contribution in [2.75, 3.05) is 44.7 Å². The maximum Gasteiger partial charge on any atom is 0.250 e. The number of amides is 1. The quantitative estimate of drug-likeness (QED) is 0.706. The zero-order valence-electron chi connectivity index (χ0n) is 21.0. The van der Waals surface area contributed by atoms with Crippen molar-refractivity contribution in [1.82, 2.24) is 9.80 Å². The number of piperidine rings is 1. The van der Waals surface area contributed by atoms with Gasteiger partial charge in [0.1, 0.15) is 0 Å². The fraction of sp³-hybridized carbons (Fsp3) is 0.552. The van der Waals surface area contributed by atoms with Gasteiger partial charge in [-0.15, -0.1) is 0 Å². The molecule has 2 aromatic carbocycles. The molecule has 5 rings (SSSR count). The van der Waals surface area contributed by atoms with E-state index >= 15 is 0 Å². The molecular weight excluding hydrogens is 420 g/mol. The summed E-state index contributed by atoms with van der Waals surface area (Å²) in [6, 6.07) is 18.1. The molecule has 1 atom stereocenters. The van der Waals surface area contributed by atoms with E-state index in [1.807, 2.05) is 24.3 Å². The van der Waals surface area contributed by atoms with Gasteiger partial charge >= 0.3 is 0 Å². The molecule has 0 radical (unpaired) electrons. The summed E-state index contributed by atoms with van der Waals surface area (Å²) < 4.78 is 0. The number of hydrogen-bond donors (Lipinski definition) is 1. The number of nitrogens with zero attached hydrogens (tertiary/aromatic N) is 3. The zero-order chi connectivity index (χ0) is 23.9. The second kappa shape index (κ2) is 9.35. The number of primary amides is 1. The third-order valence-electron chi connectivity index (χ3n) is 8.74. The Labute approximate surface area is 204 Å². The average Bonchev–Trinajstić information content (AvgIpc) is 2.82. The Morgan fingerprint density at radius 3 is 2.35 bits per heavy atom. The van der Waals surface area contributed by atoms with E-state index in [0.29, 0.717) is 29.0 Å². The molecule has 182 valence electrons. The summed E-state index contributed by atoms with van der Waals surface area (Å²) in [6.07, 6.45) is 5.03. The van der Waals surface area contributed by atoms with Crippen LogP contribution < -0.4 is 10.6 Å². The molecule has 3 fully saturated rings. The largest absolute Gasteiger partial charge is 0.371 e. The van der Waals surface area contributed by atoms with Gasteiger partial charge in [-0.2, -0.15) is 0 Å². The number of para-hydroxylation sites is 1. The topological polar surface area (TPSA) is 52.8 Å². The predicted molar refractivity (Wildman–Crippen MR) is 139 cm³/mol. The second-order valence-electron chi connectivity index (χ2n) is 11.2. The van der Waals surface area contributed by atoms with Crippen LogP contribution in [-0.2, 0) is 0 Å². The maximum atomic E-state index is 11.9. The molecule has 0 aromatic heterocycles. The van der Waals surface area contributed by atoms with E-state index < -0.39 is 0 Å². The number of carbonyl (C=O) groups is 1. The van der Waals surface area contributed by atoms with E-state index in [2.05, 4.69) is 59.9 Å². The Morgan fingerprint density at radius 2 is 1.65 bits per heavy atom. The Kier molecular flexibility index (Phi) is 6.43. The van der Waals surface area contributed by atoms with Crippen molar-refractivity contribution in [2.24, 2.45) is 11.1 Å². The first-order valence-corrected chi connectivity index (χ1v) is 13.0. The first kappa shape index (κ1) is 23.4. The fourth-order valence-corrected chi connectivity index (χ4v) is 6.75. The van der Waals surface area contributed by atoms with Gasteiger partial charge < -0.3 is 15.5 Å². The molecule has 3 aliphatic rings. The van der Waals surface area contributed by atoms with Crippen LogP contribution in [0.15, 0.2) is 48.5 Å². The summed E-state index contributed by atoms with van der Waals surface area (Å²) >= 11 is 0. The van der Waals surface area contributed by atoms with Gasteiger partial charge in [0.15, 0.2) is 0 Å². The highest BCUT2D eigenvalue weighted by Gasteiger charge is 2.49. The van der Waals surface area contributed by atoms with Gasteiger partial charge in [0.2, 0.25) is 0 Å². The lowest BCUT2D eigenvalue weighted by molar-refractivity contribution is -0.0584. The molecule has 1 unspecified atom stereocenters.